The molecule has 1 saturated heterocycles. The fourth-order valence-electron chi connectivity index (χ4n) is 3.59. The minimum absolute atomic E-state index is 0.142. The second-order valence-electron chi connectivity index (χ2n) is 7.70. The van der Waals surface area contributed by atoms with Crippen molar-refractivity contribution in [1.82, 2.24) is 5.32 Å². The molecule has 3 aromatic carbocycles. The number of amides is 1. The summed E-state index contributed by atoms with van der Waals surface area (Å²) >= 11 is 0. The fraction of sp³-hybridized carbons (Fsp3) is 0.292. The highest BCUT2D eigenvalue weighted by molar-refractivity contribution is 5.94. The van der Waals surface area contributed by atoms with Gasteiger partial charge < -0.3 is 20.3 Å². The number of rotatable bonds is 7. The van der Waals surface area contributed by atoms with Crippen LogP contribution in [0.3, 0.4) is 0 Å². The number of anilines is 2. The zero-order chi connectivity index (χ0) is 21.8. The Morgan fingerprint density at radius 3 is 2.19 bits per heavy atom. The molecule has 7 heteroatoms. The summed E-state index contributed by atoms with van der Waals surface area (Å²) in [4.78, 5) is 38.3. The second kappa shape index (κ2) is 9.14. The summed E-state index contributed by atoms with van der Waals surface area (Å²) in [6.45, 7) is 5.19. The van der Waals surface area contributed by atoms with E-state index in [9.17, 15) is 14.4 Å². The number of hydrogen-bond donors (Lipinski definition) is 2. The Labute approximate surface area is 180 Å². The van der Waals surface area contributed by atoms with Gasteiger partial charge in [-0.3, -0.25) is 14.4 Å². The number of ether oxygens (including phenoxy) is 1. The maximum Gasteiger partial charge on any atom is 0.253 e. The van der Waals surface area contributed by atoms with E-state index in [4.69, 9.17) is 4.74 Å². The first kappa shape index (κ1) is 20.8. The lowest BCUT2D eigenvalue weighted by atomic mass is 10.1. The third kappa shape index (κ3) is 4.67. The van der Waals surface area contributed by atoms with Gasteiger partial charge in [-0.2, -0.15) is 0 Å². The predicted molar refractivity (Wildman–Crippen MR) is 121 cm³/mol. The van der Waals surface area contributed by atoms with Crippen LogP contribution >= 0.6 is 0 Å². The van der Waals surface area contributed by atoms with E-state index in [1.807, 2.05) is 48.2 Å². The molecule has 1 heterocycles. The smallest absolute Gasteiger partial charge is 0.253 e. The van der Waals surface area contributed by atoms with Crippen LogP contribution in [0.25, 0.3) is 0 Å². The van der Waals surface area contributed by atoms with E-state index in [1.54, 1.807) is 12.1 Å². The van der Waals surface area contributed by atoms with Crippen LogP contribution in [0.1, 0.15) is 27.0 Å². The number of hydrogen-bond acceptors (Lipinski definition) is 6. The SMILES string of the molecule is Cc1ccc(CNC(=O)c2ccc(CNc3c(N4CCOCC4)c(=O)c3=O)cc2)cc1. The molecule has 0 saturated carbocycles. The number of aryl methyl sites for hydroxylation is 1. The summed E-state index contributed by atoms with van der Waals surface area (Å²) in [6.07, 6.45) is 0. The maximum atomic E-state index is 12.4. The standard InChI is InChI=1S/C24H25N3O4/c1-16-2-4-17(5-3-16)15-26-24(30)19-8-6-18(7-9-19)14-25-20-21(23(29)22(20)28)27-10-12-31-13-11-27/h2-9,25H,10-15H2,1H3,(H,26,30). The molecular formula is C24H25N3O4. The molecule has 0 bridgehead atoms. The average Bonchev–Trinajstić information content (AvgIpc) is 2.81. The molecule has 0 spiro atoms. The van der Waals surface area contributed by atoms with Crippen molar-refractivity contribution in [1.29, 1.82) is 0 Å². The van der Waals surface area contributed by atoms with Crippen LogP contribution in [-0.2, 0) is 17.8 Å². The van der Waals surface area contributed by atoms with Crippen molar-refractivity contribution >= 4 is 17.3 Å². The summed E-state index contributed by atoms with van der Waals surface area (Å²) < 4.78 is 5.31. The maximum absolute atomic E-state index is 12.4. The summed E-state index contributed by atoms with van der Waals surface area (Å²) in [5.41, 5.74) is 3.62. The van der Waals surface area contributed by atoms with Crippen LogP contribution < -0.4 is 26.4 Å². The third-order valence-corrected chi connectivity index (χ3v) is 5.47. The molecule has 0 unspecified atom stereocenters. The van der Waals surface area contributed by atoms with Crippen molar-refractivity contribution in [3.63, 3.8) is 0 Å². The van der Waals surface area contributed by atoms with Gasteiger partial charge in [-0.15, -0.1) is 0 Å². The third-order valence-electron chi connectivity index (χ3n) is 5.47. The summed E-state index contributed by atoms with van der Waals surface area (Å²) in [5, 5.41) is 6.00. The zero-order valence-corrected chi connectivity index (χ0v) is 17.4. The Bertz CT molecular complexity index is 1120. The molecule has 4 rings (SSSR count). The van der Waals surface area contributed by atoms with Gasteiger partial charge in [0.25, 0.3) is 16.8 Å². The van der Waals surface area contributed by atoms with Crippen molar-refractivity contribution in [2.75, 3.05) is 36.5 Å². The van der Waals surface area contributed by atoms with E-state index in [1.165, 1.54) is 5.56 Å². The molecule has 1 amide bonds. The highest BCUT2D eigenvalue weighted by Gasteiger charge is 2.26. The lowest BCUT2D eigenvalue weighted by Crippen LogP contribution is -2.46. The van der Waals surface area contributed by atoms with Crippen LogP contribution in [0.5, 0.6) is 0 Å². The molecule has 0 aliphatic carbocycles. The van der Waals surface area contributed by atoms with Gasteiger partial charge in [-0.25, -0.2) is 0 Å². The van der Waals surface area contributed by atoms with Crippen molar-refractivity contribution < 1.29 is 9.53 Å². The van der Waals surface area contributed by atoms with Crippen molar-refractivity contribution in [2.24, 2.45) is 0 Å². The number of benzene rings is 2. The van der Waals surface area contributed by atoms with E-state index in [0.717, 1.165) is 11.1 Å². The van der Waals surface area contributed by atoms with Gasteiger partial charge in [0.2, 0.25) is 0 Å². The van der Waals surface area contributed by atoms with E-state index < -0.39 is 10.9 Å². The van der Waals surface area contributed by atoms with E-state index in [2.05, 4.69) is 10.6 Å². The van der Waals surface area contributed by atoms with Crippen molar-refractivity contribution in [2.45, 2.75) is 20.0 Å². The van der Waals surface area contributed by atoms with Crippen LogP contribution in [0.4, 0.5) is 11.4 Å². The van der Waals surface area contributed by atoms with Gasteiger partial charge in [-0.1, -0.05) is 42.0 Å². The van der Waals surface area contributed by atoms with E-state index in [0.29, 0.717) is 56.3 Å². The van der Waals surface area contributed by atoms with Gasteiger partial charge in [0.1, 0.15) is 11.4 Å². The molecule has 1 aliphatic heterocycles. The predicted octanol–water partition coefficient (Wildman–Crippen LogP) is 1.97. The molecule has 3 aromatic rings. The van der Waals surface area contributed by atoms with Crippen LogP contribution in [-0.4, -0.2) is 32.2 Å². The lowest BCUT2D eigenvalue weighted by Gasteiger charge is -2.30. The first-order valence-electron chi connectivity index (χ1n) is 10.4. The Kier molecular flexibility index (Phi) is 6.13. The molecule has 0 aromatic heterocycles. The molecule has 7 nitrogen and oxygen atoms in total. The Balaban J connectivity index is 1.33. The molecule has 160 valence electrons. The average molecular weight is 419 g/mol. The normalized spacial score (nSPS) is 13.9. The minimum atomic E-state index is -0.478. The number of nitrogens with zero attached hydrogens (tertiary/aromatic N) is 1. The summed E-state index contributed by atoms with van der Waals surface area (Å²) in [6, 6.07) is 15.2. The highest BCUT2D eigenvalue weighted by Crippen LogP contribution is 2.22. The Hall–Kier alpha value is -3.45. The van der Waals surface area contributed by atoms with Gasteiger partial charge in [0, 0.05) is 31.7 Å². The number of carbonyl (C=O) groups excluding carboxylic acids is 1. The summed E-state index contributed by atoms with van der Waals surface area (Å²) in [5.74, 6) is -0.142. The number of morpholine rings is 1. The lowest BCUT2D eigenvalue weighted by molar-refractivity contribution is 0.0951. The molecular weight excluding hydrogens is 394 g/mol. The monoisotopic (exact) mass is 419 g/mol. The van der Waals surface area contributed by atoms with Gasteiger partial charge >= 0.3 is 0 Å². The van der Waals surface area contributed by atoms with Crippen LogP contribution in [0, 0.1) is 6.92 Å². The first-order chi connectivity index (χ1) is 15.0. The first-order valence-corrected chi connectivity index (χ1v) is 10.4. The minimum Gasteiger partial charge on any atom is -0.378 e. The van der Waals surface area contributed by atoms with Crippen LogP contribution in [0.2, 0.25) is 0 Å². The summed E-state index contributed by atoms with van der Waals surface area (Å²) in [7, 11) is 0. The number of nitrogens with one attached hydrogen (secondary N) is 2. The topological polar surface area (TPSA) is 87.7 Å². The van der Waals surface area contributed by atoms with Gasteiger partial charge in [0.15, 0.2) is 0 Å². The fourth-order valence-corrected chi connectivity index (χ4v) is 3.59. The molecule has 1 aliphatic rings. The molecule has 31 heavy (non-hydrogen) atoms. The molecule has 0 radical (unpaired) electrons. The largest absolute Gasteiger partial charge is 0.378 e. The Morgan fingerprint density at radius 1 is 0.903 bits per heavy atom. The molecule has 2 N–H and O–H groups in total. The van der Waals surface area contributed by atoms with E-state index >= 15 is 0 Å². The Morgan fingerprint density at radius 2 is 1.52 bits per heavy atom. The quantitative estimate of drug-likeness (QED) is 0.570. The van der Waals surface area contributed by atoms with Gasteiger partial charge in [0.05, 0.1) is 13.2 Å². The molecule has 0 atom stereocenters. The number of carbonyl (C=O) groups is 1. The van der Waals surface area contributed by atoms with Crippen LogP contribution in [0.15, 0.2) is 58.1 Å². The second-order valence-corrected chi connectivity index (χ2v) is 7.70. The van der Waals surface area contributed by atoms with Crippen molar-refractivity contribution in [3.8, 4) is 0 Å². The highest BCUT2D eigenvalue weighted by atomic mass is 16.5. The van der Waals surface area contributed by atoms with Gasteiger partial charge in [-0.05, 0) is 30.2 Å². The van der Waals surface area contributed by atoms with E-state index in [-0.39, 0.29) is 5.91 Å². The molecule has 1 fully saturated rings. The zero-order valence-electron chi connectivity index (χ0n) is 17.4. The van der Waals surface area contributed by atoms with Crippen molar-refractivity contribution in [3.05, 3.63) is 91.2 Å².